The first-order valence-electron chi connectivity index (χ1n) is 9.16. The number of hydrogen-bond acceptors (Lipinski definition) is 5. The quantitative estimate of drug-likeness (QED) is 0.337. The Hall–Kier alpha value is -0.535. The standard InChI is InChI=1S/C18H28BClN2O4.2ClH/c20-16-5-3-14(4-6-16)13-22-11-7-15(8-12-22)18(21,17(23)24)9-1-2-10-19(25)26;;/h3-6,15,25-26H,1-2,7-13,21H2,(H,23,24);2*1H. The molecule has 6 nitrogen and oxygen atoms in total. The van der Waals surface area contributed by atoms with Gasteiger partial charge in [-0.1, -0.05) is 36.6 Å². The molecule has 1 atom stereocenters. The van der Waals surface area contributed by atoms with E-state index < -0.39 is 18.6 Å². The van der Waals surface area contributed by atoms with E-state index in [1.807, 2.05) is 24.3 Å². The van der Waals surface area contributed by atoms with Crippen LogP contribution in [0.5, 0.6) is 0 Å². The van der Waals surface area contributed by atoms with Gasteiger partial charge in [-0.05, 0) is 62.3 Å². The van der Waals surface area contributed by atoms with Gasteiger partial charge in [0, 0.05) is 11.6 Å². The van der Waals surface area contributed by atoms with Gasteiger partial charge in [0.2, 0.25) is 0 Å². The number of hydrogen-bond donors (Lipinski definition) is 4. The summed E-state index contributed by atoms with van der Waals surface area (Å²) < 4.78 is 0. The second kappa shape index (κ2) is 12.9. The van der Waals surface area contributed by atoms with Crippen LogP contribution >= 0.6 is 36.4 Å². The Labute approximate surface area is 184 Å². The summed E-state index contributed by atoms with van der Waals surface area (Å²) in [6.45, 7) is 2.45. The van der Waals surface area contributed by atoms with Crippen LogP contribution in [0.4, 0.5) is 0 Å². The van der Waals surface area contributed by atoms with Gasteiger partial charge in [-0.3, -0.25) is 9.69 Å². The molecule has 28 heavy (non-hydrogen) atoms. The number of aliphatic carboxylic acids is 1. The van der Waals surface area contributed by atoms with Crippen molar-refractivity contribution in [2.45, 2.75) is 50.5 Å². The van der Waals surface area contributed by atoms with Gasteiger partial charge in [0.1, 0.15) is 5.54 Å². The summed E-state index contributed by atoms with van der Waals surface area (Å²) in [5.41, 5.74) is 6.23. The lowest BCUT2D eigenvalue weighted by Gasteiger charge is -2.40. The van der Waals surface area contributed by atoms with E-state index in [1.165, 1.54) is 5.56 Å². The van der Waals surface area contributed by atoms with Crippen LogP contribution < -0.4 is 5.73 Å². The highest BCUT2D eigenvalue weighted by atomic mass is 35.5. The fourth-order valence-electron chi connectivity index (χ4n) is 3.68. The zero-order valence-electron chi connectivity index (χ0n) is 15.8. The molecule has 0 bridgehead atoms. The smallest absolute Gasteiger partial charge is 0.451 e. The van der Waals surface area contributed by atoms with Crippen LogP contribution in [0.1, 0.15) is 37.7 Å². The molecule has 1 heterocycles. The zero-order valence-corrected chi connectivity index (χ0v) is 18.2. The zero-order chi connectivity index (χ0) is 19.2. The average molecular weight is 456 g/mol. The SMILES string of the molecule is Cl.Cl.NC(CCCCB(O)O)(C(=O)O)C1CCN(Cc2ccc(Cl)cc2)CC1. The molecule has 0 aromatic heterocycles. The number of nitrogens with zero attached hydrogens (tertiary/aromatic N) is 1. The Morgan fingerprint density at radius 3 is 2.25 bits per heavy atom. The van der Waals surface area contributed by atoms with Gasteiger partial charge in [-0.15, -0.1) is 24.8 Å². The van der Waals surface area contributed by atoms with E-state index in [9.17, 15) is 9.90 Å². The number of benzene rings is 1. The number of carbonyl (C=O) groups is 1. The van der Waals surface area contributed by atoms with Crippen LogP contribution in [0.25, 0.3) is 0 Å². The first kappa shape index (κ1) is 27.5. The highest BCUT2D eigenvalue weighted by Gasteiger charge is 2.42. The molecule has 1 saturated heterocycles. The molecule has 1 aliphatic heterocycles. The van der Waals surface area contributed by atoms with Crippen molar-refractivity contribution in [2.75, 3.05) is 13.1 Å². The third-order valence-electron chi connectivity index (χ3n) is 5.34. The number of likely N-dealkylation sites (tertiary alicyclic amines) is 1. The molecule has 10 heteroatoms. The molecular formula is C18H30BCl3N2O4. The summed E-state index contributed by atoms with van der Waals surface area (Å²) in [6.07, 6.45) is 3.23. The molecule has 1 unspecified atom stereocenters. The Bertz CT molecular complexity index is 587. The van der Waals surface area contributed by atoms with E-state index in [0.717, 1.165) is 37.5 Å². The number of piperidine rings is 1. The van der Waals surface area contributed by atoms with Crippen LogP contribution in [-0.2, 0) is 11.3 Å². The maximum absolute atomic E-state index is 11.8. The number of unbranched alkanes of at least 4 members (excludes halogenated alkanes) is 1. The highest BCUT2D eigenvalue weighted by Crippen LogP contribution is 2.32. The largest absolute Gasteiger partial charge is 0.480 e. The van der Waals surface area contributed by atoms with Crippen molar-refractivity contribution < 1.29 is 19.9 Å². The molecule has 2 rings (SSSR count). The first-order valence-corrected chi connectivity index (χ1v) is 9.54. The van der Waals surface area contributed by atoms with E-state index in [-0.39, 0.29) is 37.1 Å². The average Bonchev–Trinajstić information content (AvgIpc) is 2.61. The highest BCUT2D eigenvalue weighted by molar-refractivity contribution is 6.40. The monoisotopic (exact) mass is 454 g/mol. The summed E-state index contributed by atoms with van der Waals surface area (Å²) in [7, 11) is -1.34. The van der Waals surface area contributed by atoms with E-state index in [2.05, 4.69) is 4.90 Å². The van der Waals surface area contributed by atoms with Crippen LogP contribution in [0, 0.1) is 5.92 Å². The van der Waals surface area contributed by atoms with Crippen LogP contribution in [0.2, 0.25) is 11.3 Å². The minimum absolute atomic E-state index is 0. The number of carboxylic acid groups (broad SMARTS) is 1. The predicted octanol–water partition coefficient (Wildman–Crippen LogP) is 2.82. The molecule has 0 spiro atoms. The van der Waals surface area contributed by atoms with Crippen LogP contribution in [-0.4, -0.2) is 51.8 Å². The Morgan fingerprint density at radius 2 is 1.75 bits per heavy atom. The van der Waals surface area contributed by atoms with Crippen molar-refractivity contribution in [2.24, 2.45) is 11.7 Å². The summed E-state index contributed by atoms with van der Waals surface area (Å²) in [4.78, 5) is 14.1. The van der Waals surface area contributed by atoms with Gasteiger partial charge in [-0.2, -0.15) is 0 Å². The van der Waals surface area contributed by atoms with E-state index in [4.69, 9.17) is 27.4 Å². The predicted molar refractivity (Wildman–Crippen MR) is 117 cm³/mol. The molecule has 1 aromatic rings. The maximum atomic E-state index is 11.8. The summed E-state index contributed by atoms with van der Waals surface area (Å²) in [5, 5.41) is 28.2. The molecular weight excluding hydrogens is 425 g/mol. The number of rotatable bonds is 9. The topological polar surface area (TPSA) is 107 Å². The van der Waals surface area contributed by atoms with Gasteiger partial charge in [0.15, 0.2) is 0 Å². The van der Waals surface area contributed by atoms with Crippen LogP contribution in [0.15, 0.2) is 24.3 Å². The molecule has 160 valence electrons. The number of nitrogens with two attached hydrogens (primary N) is 1. The fraction of sp³-hybridized carbons (Fsp3) is 0.611. The Kier molecular flexibility index (Phi) is 12.7. The minimum atomic E-state index is -1.34. The minimum Gasteiger partial charge on any atom is -0.480 e. The van der Waals surface area contributed by atoms with Crippen molar-refractivity contribution >= 4 is 49.5 Å². The van der Waals surface area contributed by atoms with Gasteiger partial charge in [-0.25, -0.2) is 0 Å². The molecule has 0 amide bonds. The molecule has 1 fully saturated rings. The lowest BCUT2D eigenvalue weighted by atomic mass is 9.74. The van der Waals surface area contributed by atoms with Crippen molar-refractivity contribution in [3.05, 3.63) is 34.9 Å². The first-order chi connectivity index (χ1) is 12.3. The molecule has 0 aliphatic carbocycles. The third kappa shape index (κ3) is 8.07. The fourth-order valence-corrected chi connectivity index (χ4v) is 3.81. The molecule has 0 radical (unpaired) electrons. The van der Waals surface area contributed by atoms with Gasteiger partial charge < -0.3 is 20.9 Å². The van der Waals surface area contributed by atoms with Gasteiger partial charge in [0.05, 0.1) is 0 Å². The van der Waals surface area contributed by atoms with E-state index in [1.54, 1.807) is 0 Å². The van der Waals surface area contributed by atoms with Crippen molar-refractivity contribution in [3.8, 4) is 0 Å². The van der Waals surface area contributed by atoms with Crippen molar-refractivity contribution in [1.82, 2.24) is 4.90 Å². The molecule has 1 aromatic carbocycles. The molecule has 1 aliphatic rings. The number of halogens is 3. The van der Waals surface area contributed by atoms with Crippen molar-refractivity contribution in [3.63, 3.8) is 0 Å². The normalized spacial score (nSPS) is 17.1. The lowest BCUT2D eigenvalue weighted by Crippen LogP contribution is -2.56. The van der Waals surface area contributed by atoms with Gasteiger partial charge in [0.25, 0.3) is 0 Å². The summed E-state index contributed by atoms with van der Waals surface area (Å²) in [6, 6.07) is 7.77. The second-order valence-electron chi connectivity index (χ2n) is 7.25. The lowest BCUT2D eigenvalue weighted by molar-refractivity contribution is -0.147. The molecule has 5 N–H and O–H groups in total. The van der Waals surface area contributed by atoms with E-state index in [0.29, 0.717) is 19.3 Å². The Balaban J connectivity index is 0.00000364. The van der Waals surface area contributed by atoms with Gasteiger partial charge >= 0.3 is 13.1 Å². The molecule has 0 saturated carbocycles. The Morgan fingerprint density at radius 1 is 1.18 bits per heavy atom. The van der Waals surface area contributed by atoms with Crippen LogP contribution in [0.3, 0.4) is 0 Å². The third-order valence-corrected chi connectivity index (χ3v) is 5.59. The van der Waals surface area contributed by atoms with Crippen molar-refractivity contribution in [1.29, 1.82) is 0 Å². The maximum Gasteiger partial charge on any atom is 0.451 e. The second-order valence-corrected chi connectivity index (χ2v) is 7.69. The summed E-state index contributed by atoms with van der Waals surface area (Å²) in [5.74, 6) is -1.03. The summed E-state index contributed by atoms with van der Waals surface area (Å²) >= 11 is 5.91. The van der Waals surface area contributed by atoms with E-state index >= 15 is 0 Å². The number of carboxylic acids is 1.